The Morgan fingerprint density at radius 1 is 1.11 bits per heavy atom. The summed E-state index contributed by atoms with van der Waals surface area (Å²) in [5.74, 6) is -2.02. The zero-order chi connectivity index (χ0) is 25.2. The van der Waals surface area contributed by atoms with Crippen LogP contribution in [0.15, 0.2) is 55.2 Å². The Morgan fingerprint density at radius 3 is 2.51 bits per heavy atom. The average molecular weight is 485 g/mol. The third-order valence-electron chi connectivity index (χ3n) is 5.34. The molecule has 0 bridgehead atoms. The highest BCUT2D eigenvalue weighted by atomic mass is 19.1. The summed E-state index contributed by atoms with van der Waals surface area (Å²) in [6, 6.07) is 6.10. The van der Waals surface area contributed by atoms with Crippen molar-refractivity contribution in [3.05, 3.63) is 78.0 Å². The third-order valence-corrected chi connectivity index (χ3v) is 5.34. The summed E-state index contributed by atoms with van der Waals surface area (Å²) in [7, 11) is 2.02. The number of anilines is 1. The van der Waals surface area contributed by atoms with Crippen LogP contribution in [0.1, 0.15) is 30.9 Å². The van der Waals surface area contributed by atoms with Crippen LogP contribution in [0.4, 0.5) is 14.6 Å². The average Bonchev–Trinajstić information content (AvgIpc) is 3.24. The van der Waals surface area contributed by atoms with Crippen molar-refractivity contribution in [2.75, 3.05) is 18.9 Å². The number of aromatic nitrogens is 3. The first-order valence-corrected chi connectivity index (χ1v) is 11.5. The molecule has 2 heterocycles. The van der Waals surface area contributed by atoms with Crippen molar-refractivity contribution in [1.82, 2.24) is 24.8 Å². The number of carbonyl (C=O) groups is 2. The van der Waals surface area contributed by atoms with Gasteiger partial charge in [0.05, 0.1) is 12.7 Å². The van der Waals surface area contributed by atoms with Gasteiger partial charge in [0, 0.05) is 44.3 Å². The maximum absolute atomic E-state index is 13.4. The van der Waals surface area contributed by atoms with E-state index in [0.29, 0.717) is 25.2 Å². The van der Waals surface area contributed by atoms with Gasteiger partial charge in [0.15, 0.2) is 5.82 Å². The molecule has 0 aliphatic rings. The zero-order valence-electron chi connectivity index (χ0n) is 19.9. The molecule has 0 fully saturated rings. The highest BCUT2D eigenvalue weighted by Crippen LogP contribution is 2.10. The summed E-state index contributed by atoms with van der Waals surface area (Å²) in [4.78, 5) is 35.6. The first-order chi connectivity index (χ1) is 16.8. The van der Waals surface area contributed by atoms with Gasteiger partial charge in [0.1, 0.15) is 17.7 Å². The Balaban J connectivity index is 1.50. The van der Waals surface area contributed by atoms with Crippen molar-refractivity contribution >= 4 is 17.6 Å². The molecule has 2 amide bonds. The summed E-state index contributed by atoms with van der Waals surface area (Å²) in [5, 5.41) is 5.39. The number of amides is 2. The normalized spacial score (nSPS) is 11.9. The van der Waals surface area contributed by atoms with E-state index in [1.807, 2.05) is 30.7 Å². The van der Waals surface area contributed by atoms with Gasteiger partial charge in [-0.2, -0.15) is 0 Å². The van der Waals surface area contributed by atoms with Gasteiger partial charge in [-0.25, -0.2) is 13.8 Å². The topological polar surface area (TPSA) is 92.2 Å². The molecule has 0 spiro atoms. The molecule has 10 heteroatoms. The first-order valence-electron chi connectivity index (χ1n) is 11.5. The summed E-state index contributed by atoms with van der Waals surface area (Å²) < 4.78 is 28.6. The van der Waals surface area contributed by atoms with Crippen LogP contribution in [0.3, 0.4) is 0 Å². The molecule has 186 valence electrons. The van der Waals surface area contributed by atoms with E-state index in [2.05, 4.69) is 25.5 Å². The molecule has 35 heavy (non-hydrogen) atoms. The second kappa shape index (κ2) is 12.7. The van der Waals surface area contributed by atoms with Crippen molar-refractivity contribution in [3.63, 3.8) is 0 Å². The predicted molar refractivity (Wildman–Crippen MR) is 128 cm³/mol. The molecule has 2 N–H and O–H groups in total. The standard InChI is InChI=1S/C25H30F2N6O2/c1-3-4-22(30-24(34)13-19-11-20(26)14-21(27)12-19)25(35)31-23-16-33(17-29-23)10-9-32(2)15-18-5-7-28-8-6-18/h5-8,11-12,14,16-17,22H,3-4,9-10,13,15H2,1-2H3,(H,30,34)(H,31,35)/t22-/m0/s1. The maximum Gasteiger partial charge on any atom is 0.248 e. The number of likely N-dealkylation sites (N-methyl/N-ethyl adjacent to an activating group) is 1. The van der Waals surface area contributed by atoms with Crippen molar-refractivity contribution in [1.29, 1.82) is 0 Å². The number of nitrogens with zero attached hydrogens (tertiary/aromatic N) is 4. The molecule has 0 saturated carbocycles. The van der Waals surface area contributed by atoms with E-state index < -0.39 is 29.5 Å². The van der Waals surface area contributed by atoms with Gasteiger partial charge in [-0.05, 0) is 48.9 Å². The molecule has 3 aromatic rings. The van der Waals surface area contributed by atoms with E-state index in [9.17, 15) is 18.4 Å². The number of hydrogen-bond donors (Lipinski definition) is 2. The number of halogens is 2. The van der Waals surface area contributed by atoms with E-state index in [4.69, 9.17) is 0 Å². The van der Waals surface area contributed by atoms with Crippen LogP contribution in [-0.4, -0.2) is 50.9 Å². The van der Waals surface area contributed by atoms with E-state index >= 15 is 0 Å². The molecule has 1 aromatic carbocycles. The van der Waals surface area contributed by atoms with Crippen LogP contribution in [0.5, 0.6) is 0 Å². The molecule has 8 nitrogen and oxygen atoms in total. The number of nitrogens with one attached hydrogen (secondary N) is 2. The van der Waals surface area contributed by atoms with Crippen LogP contribution in [0.25, 0.3) is 0 Å². The molecule has 2 aromatic heterocycles. The van der Waals surface area contributed by atoms with Crippen molar-refractivity contribution < 1.29 is 18.4 Å². The quantitative estimate of drug-likeness (QED) is 0.412. The molecule has 0 saturated heterocycles. The van der Waals surface area contributed by atoms with Gasteiger partial charge in [-0.3, -0.25) is 14.6 Å². The van der Waals surface area contributed by atoms with Crippen LogP contribution >= 0.6 is 0 Å². The zero-order valence-corrected chi connectivity index (χ0v) is 19.9. The minimum atomic E-state index is -0.789. The highest BCUT2D eigenvalue weighted by molar-refractivity contribution is 5.96. The lowest BCUT2D eigenvalue weighted by Crippen LogP contribution is -2.44. The molecular formula is C25H30F2N6O2. The Morgan fingerprint density at radius 2 is 1.83 bits per heavy atom. The lowest BCUT2D eigenvalue weighted by molar-refractivity contribution is -0.126. The number of benzene rings is 1. The Bertz CT molecular complexity index is 1100. The lowest BCUT2D eigenvalue weighted by Gasteiger charge is -2.17. The highest BCUT2D eigenvalue weighted by Gasteiger charge is 2.21. The Labute approximate surface area is 203 Å². The van der Waals surface area contributed by atoms with Crippen LogP contribution in [-0.2, 0) is 29.1 Å². The number of pyridine rings is 1. The minimum Gasteiger partial charge on any atom is -0.344 e. The van der Waals surface area contributed by atoms with E-state index in [1.165, 1.54) is 5.56 Å². The van der Waals surface area contributed by atoms with Gasteiger partial charge in [-0.15, -0.1) is 0 Å². The molecule has 0 unspecified atom stereocenters. The van der Waals surface area contributed by atoms with Crippen LogP contribution in [0.2, 0.25) is 0 Å². The fourth-order valence-corrected chi connectivity index (χ4v) is 3.63. The Kier molecular flexibility index (Phi) is 9.42. The number of hydrogen-bond acceptors (Lipinski definition) is 5. The van der Waals surface area contributed by atoms with Gasteiger partial charge in [0.2, 0.25) is 11.8 Å². The molecule has 0 aliphatic heterocycles. The third kappa shape index (κ3) is 8.56. The van der Waals surface area contributed by atoms with E-state index in [1.54, 1.807) is 24.9 Å². The molecule has 3 rings (SSSR count). The van der Waals surface area contributed by atoms with Crippen molar-refractivity contribution in [2.24, 2.45) is 0 Å². The van der Waals surface area contributed by atoms with Crippen LogP contribution in [0, 0.1) is 11.6 Å². The predicted octanol–water partition coefficient (Wildman–Crippen LogP) is 3.15. The largest absolute Gasteiger partial charge is 0.344 e. The van der Waals surface area contributed by atoms with E-state index in [-0.39, 0.29) is 12.0 Å². The minimum absolute atomic E-state index is 0.197. The van der Waals surface area contributed by atoms with Gasteiger partial charge in [-0.1, -0.05) is 13.3 Å². The maximum atomic E-state index is 13.4. The molecule has 1 atom stereocenters. The number of carbonyl (C=O) groups excluding carboxylic acids is 2. The first kappa shape index (κ1) is 26.0. The SMILES string of the molecule is CCC[C@H](NC(=O)Cc1cc(F)cc(F)c1)C(=O)Nc1cn(CCN(C)Cc2ccncc2)cn1. The van der Waals surface area contributed by atoms with Gasteiger partial charge in [0.25, 0.3) is 0 Å². The summed E-state index contributed by atoms with van der Waals surface area (Å²) in [6.45, 7) is 4.15. The Hall–Kier alpha value is -3.66. The summed E-state index contributed by atoms with van der Waals surface area (Å²) in [5.41, 5.74) is 1.37. The number of imidazole rings is 1. The monoisotopic (exact) mass is 484 g/mol. The molecule has 0 radical (unpaired) electrons. The molecule has 0 aliphatic carbocycles. The lowest BCUT2D eigenvalue weighted by atomic mass is 10.1. The smallest absolute Gasteiger partial charge is 0.248 e. The fourth-order valence-electron chi connectivity index (χ4n) is 3.63. The summed E-state index contributed by atoms with van der Waals surface area (Å²) >= 11 is 0. The fraction of sp³-hybridized carbons (Fsp3) is 0.360. The second-order valence-corrected chi connectivity index (χ2v) is 8.44. The van der Waals surface area contributed by atoms with Crippen LogP contribution < -0.4 is 10.6 Å². The van der Waals surface area contributed by atoms with Gasteiger partial charge >= 0.3 is 0 Å². The second-order valence-electron chi connectivity index (χ2n) is 8.44. The van der Waals surface area contributed by atoms with Crippen molar-refractivity contribution in [2.45, 2.75) is 45.3 Å². The van der Waals surface area contributed by atoms with Crippen molar-refractivity contribution in [3.8, 4) is 0 Å². The van der Waals surface area contributed by atoms with E-state index in [0.717, 1.165) is 31.3 Å². The van der Waals surface area contributed by atoms with Gasteiger partial charge < -0.3 is 20.1 Å². The summed E-state index contributed by atoms with van der Waals surface area (Å²) in [6.07, 6.45) is 7.75. The molecular weight excluding hydrogens is 454 g/mol. The number of rotatable bonds is 12.